The van der Waals surface area contributed by atoms with E-state index in [2.05, 4.69) is 10.3 Å². The molecule has 0 aliphatic rings. The molecule has 0 aromatic carbocycles. The van der Waals surface area contributed by atoms with Crippen LogP contribution in [0.1, 0.15) is 39.2 Å². The zero-order chi connectivity index (χ0) is 14.7. The third-order valence-corrected chi connectivity index (χ3v) is 3.02. The van der Waals surface area contributed by atoms with Crippen LogP contribution in [0.15, 0.2) is 30.5 Å². The topological polar surface area (TPSA) is 64.0 Å². The molecule has 5 heteroatoms. The van der Waals surface area contributed by atoms with Crippen LogP contribution in [0.25, 0.3) is 0 Å². The van der Waals surface area contributed by atoms with Crippen LogP contribution >= 0.6 is 0 Å². The smallest absolute Gasteiger partial charge is 0.268 e. The SMILES string of the molecule is CC(=O)c1cc(C(=O)NCc2cccc(C)n2)n(C)c1. The molecule has 0 spiro atoms. The molecule has 1 amide bonds. The van der Waals surface area contributed by atoms with Gasteiger partial charge in [-0.2, -0.15) is 0 Å². The maximum absolute atomic E-state index is 12.1. The van der Waals surface area contributed by atoms with Gasteiger partial charge in [-0.25, -0.2) is 0 Å². The standard InChI is InChI=1S/C15H17N3O2/c1-10-5-4-6-13(17-10)8-16-15(20)14-7-12(11(2)19)9-18(14)3/h4-7,9H,8H2,1-3H3,(H,16,20). The average Bonchev–Trinajstić information content (AvgIpc) is 2.78. The number of amides is 1. The summed E-state index contributed by atoms with van der Waals surface area (Å²) in [5.74, 6) is -0.275. The van der Waals surface area contributed by atoms with Crippen molar-refractivity contribution in [2.45, 2.75) is 20.4 Å². The van der Waals surface area contributed by atoms with Gasteiger partial charge in [0.25, 0.3) is 5.91 Å². The fourth-order valence-electron chi connectivity index (χ4n) is 1.94. The summed E-state index contributed by atoms with van der Waals surface area (Å²) >= 11 is 0. The van der Waals surface area contributed by atoms with E-state index in [1.54, 1.807) is 23.9 Å². The van der Waals surface area contributed by atoms with E-state index >= 15 is 0 Å². The minimum atomic E-state index is -0.219. The van der Waals surface area contributed by atoms with Gasteiger partial charge in [0.1, 0.15) is 5.69 Å². The molecule has 0 aliphatic carbocycles. The molecule has 5 nitrogen and oxygen atoms in total. The number of Topliss-reactive ketones (excluding diaryl/α,β-unsaturated/α-hetero) is 1. The van der Waals surface area contributed by atoms with E-state index in [4.69, 9.17) is 0 Å². The van der Waals surface area contributed by atoms with Crippen LogP contribution in [0.4, 0.5) is 0 Å². The van der Waals surface area contributed by atoms with Crippen molar-refractivity contribution in [1.29, 1.82) is 0 Å². The third-order valence-electron chi connectivity index (χ3n) is 3.02. The predicted octanol–water partition coefficient (Wildman–Crippen LogP) is 1.86. The molecule has 0 saturated carbocycles. The number of carbonyl (C=O) groups excluding carboxylic acids is 2. The fourth-order valence-corrected chi connectivity index (χ4v) is 1.94. The average molecular weight is 271 g/mol. The van der Waals surface area contributed by atoms with Crippen molar-refractivity contribution in [3.8, 4) is 0 Å². The maximum Gasteiger partial charge on any atom is 0.268 e. The molecule has 0 saturated heterocycles. The van der Waals surface area contributed by atoms with Crippen molar-refractivity contribution < 1.29 is 9.59 Å². The first-order valence-electron chi connectivity index (χ1n) is 6.35. The molecule has 1 N–H and O–H groups in total. The van der Waals surface area contributed by atoms with Crippen molar-refractivity contribution in [2.24, 2.45) is 7.05 Å². The van der Waals surface area contributed by atoms with E-state index in [0.717, 1.165) is 11.4 Å². The lowest BCUT2D eigenvalue weighted by molar-refractivity contribution is 0.0942. The van der Waals surface area contributed by atoms with Gasteiger partial charge in [-0.1, -0.05) is 6.07 Å². The Labute approximate surface area is 117 Å². The zero-order valence-electron chi connectivity index (χ0n) is 11.8. The molecule has 0 bridgehead atoms. The van der Waals surface area contributed by atoms with E-state index in [-0.39, 0.29) is 11.7 Å². The van der Waals surface area contributed by atoms with Gasteiger partial charge in [0.15, 0.2) is 5.78 Å². The first-order chi connectivity index (χ1) is 9.47. The van der Waals surface area contributed by atoms with Crippen molar-refractivity contribution in [1.82, 2.24) is 14.9 Å². The lowest BCUT2D eigenvalue weighted by Gasteiger charge is -2.06. The van der Waals surface area contributed by atoms with Crippen molar-refractivity contribution in [3.05, 3.63) is 53.1 Å². The van der Waals surface area contributed by atoms with Gasteiger partial charge >= 0.3 is 0 Å². The second kappa shape index (κ2) is 5.69. The quantitative estimate of drug-likeness (QED) is 0.863. The summed E-state index contributed by atoms with van der Waals surface area (Å²) in [4.78, 5) is 27.7. The molecule has 0 fully saturated rings. The number of rotatable bonds is 4. The number of pyridine rings is 1. The monoisotopic (exact) mass is 271 g/mol. The van der Waals surface area contributed by atoms with Crippen molar-refractivity contribution >= 4 is 11.7 Å². The molecule has 2 rings (SSSR count). The van der Waals surface area contributed by atoms with Crippen LogP contribution in [0.2, 0.25) is 0 Å². The summed E-state index contributed by atoms with van der Waals surface area (Å²) in [5, 5.41) is 2.80. The van der Waals surface area contributed by atoms with Crippen LogP contribution in [0.3, 0.4) is 0 Å². The van der Waals surface area contributed by atoms with Gasteiger partial charge in [0.2, 0.25) is 0 Å². The molecule has 20 heavy (non-hydrogen) atoms. The molecule has 0 atom stereocenters. The van der Waals surface area contributed by atoms with E-state index in [1.807, 2.05) is 25.1 Å². The summed E-state index contributed by atoms with van der Waals surface area (Å²) in [6, 6.07) is 7.27. The highest BCUT2D eigenvalue weighted by atomic mass is 16.2. The number of hydrogen-bond acceptors (Lipinski definition) is 3. The Kier molecular flexibility index (Phi) is 3.98. The Morgan fingerprint density at radius 3 is 2.70 bits per heavy atom. The molecule has 104 valence electrons. The Balaban J connectivity index is 2.07. The molecule has 0 unspecified atom stereocenters. The Bertz CT molecular complexity index is 659. The first-order valence-corrected chi connectivity index (χ1v) is 6.35. The summed E-state index contributed by atoms with van der Waals surface area (Å²) in [6.07, 6.45) is 1.65. The van der Waals surface area contributed by atoms with Crippen LogP contribution in [-0.4, -0.2) is 21.2 Å². The number of carbonyl (C=O) groups is 2. The molecule has 0 aliphatic heterocycles. The lowest BCUT2D eigenvalue weighted by Crippen LogP contribution is -2.25. The Morgan fingerprint density at radius 1 is 1.35 bits per heavy atom. The number of nitrogens with zero attached hydrogens (tertiary/aromatic N) is 2. The van der Waals surface area contributed by atoms with Gasteiger partial charge in [-0.05, 0) is 32.0 Å². The second-order valence-electron chi connectivity index (χ2n) is 4.73. The van der Waals surface area contributed by atoms with Gasteiger partial charge in [-0.15, -0.1) is 0 Å². The second-order valence-corrected chi connectivity index (χ2v) is 4.73. The molecule has 2 aromatic rings. The predicted molar refractivity (Wildman–Crippen MR) is 75.6 cm³/mol. The number of aromatic nitrogens is 2. The normalized spacial score (nSPS) is 10.3. The summed E-state index contributed by atoms with van der Waals surface area (Å²) in [7, 11) is 1.74. The highest BCUT2D eigenvalue weighted by Gasteiger charge is 2.13. The maximum atomic E-state index is 12.1. The van der Waals surface area contributed by atoms with Gasteiger partial charge in [0.05, 0.1) is 12.2 Å². The van der Waals surface area contributed by atoms with Crippen molar-refractivity contribution in [2.75, 3.05) is 0 Å². The van der Waals surface area contributed by atoms with E-state index in [9.17, 15) is 9.59 Å². The highest BCUT2D eigenvalue weighted by Crippen LogP contribution is 2.08. The summed E-state index contributed by atoms with van der Waals surface area (Å²) < 4.78 is 1.65. The van der Waals surface area contributed by atoms with Gasteiger partial charge in [-0.3, -0.25) is 14.6 Å². The summed E-state index contributed by atoms with van der Waals surface area (Å²) in [5.41, 5.74) is 2.71. The summed E-state index contributed by atoms with van der Waals surface area (Å²) in [6.45, 7) is 3.75. The number of ketones is 1. The van der Waals surface area contributed by atoms with E-state index in [1.165, 1.54) is 6.92 Å². The number of hydrogen-bond donors (Lipinski definition) is 1. The Morgan fingerprint density at radius 2 is 2.10 bits per heavy atom. The first kappa shape index (κ1) is 14.0. The van der Waals surface area contributed by atoms with Crippen LogP contribution in [0.5, 0.6) is 0 Å². The molecule has 2 heterocycles. The van der Waals surface area contributed by atoms with Crippen LogP contribution in [0, 0.1) is 6.92 Å². The van der Waals surface area contributed by atoms with E-state index < -0.39 is 0 Å². The minimum absolute atomic E-state index is 0.0556. The van der Waals surface area contributed by atoms with Crippen molar-refractivity contribution in [3.63, 3.8) is 0 Å². The van der Waals surface area contributed by atoms with Crippen LogP contribution < -0.4 is 5.32 Å². The zero-order valence-corrected chi connectivity index (χ0v) is 11.8. The lowest BCUT2D eigenvalue weighted by atomic mass is 10.2. The molecule has 0 radical (unpaired) electrons. The Hall–Kier alpha value is -2.43. The molecular weight excluding hydrogens is 254 g/mol. The number of nitrogens with one attached hydrogen (secondary N) is 1. The van der Waals surface area contributed by atoms with E-state index in [0.29, 0.717) is 17.8 Å². The molecular formula is C15H17N3O2. The minimum Gasteiger partial charge on any atom is -0.346 e. The number of aryl methyl sites for hydroxylation is 2. The van der Waals surface area contributed by atoms with Gasteiger partial charge < -0.3 is 9.88 Å². The highest BCUT2D eigenvalue weighted by molar-refractivity contribution is 5.99. The third kappa shape index (κ3) is 3.12. The van der Waals surface area contributed by atoms with Crippen LogP contribution in [-0.2, 0) is 13.6 Å². The largest absolute Gasteiger partial charge is 0.346 e. The van der Waals surface area contributed by atoms with Gasteiger partial charge in [0, 0.05) is 24.5 Å². The molecule has 2 aromatic heterocycles. The fraction of sp³-hybridized carbons (Fsp3) is 0.267.